The smallest absolute Gasteiger partial charge is 0.0866 e. The molecule has 2 heterocycles. The Kier molecular flexibility index (Phi) is 9.36. The van der Waals surface area contributed by atoms with Crippen LogP contribution in [0.25, 0.3) is 10.9 Å². The highest BCUT2D eigenvalue weighted by molar-refractivity contribution is 6.30. The summed E-state index contributed by atoms with van der Waals surface area (Å²) in [4.78, 5) is 10.1. The number of rotatable bonds is 10. The van der Waals surface area contributed by atoms with E-state index in [-0.39, 0.29) is 6.04 Å². The predicted octanol–water partition coefficient (Wildman–Crippen LogP) is 7.62. The number of nitrogens with zero attached hydrogens (tertiary/aromatic N) is 3. The molecule has 2 aliphatic carbocycles. The Morgan fingerprint density at radius 2 is 1.62 bits per heavy atom. The number of nitrogen functional groups attached to an aromatic ring is 1. The Bertz CT molecular complexity index is 1640. The summed E-state index contributed by atoms with van der Waals surface area (Å²) in [6.45, 7) is 6.36. The first-order valence-electron chi connectivity index (χ1n) is 16.7. The largest absolute Gasteiger partial charge is 0.398 e. The van der Waals surface area contributed by atoms with Crippen LogP contribution in [0.1, 0.15) is 60.5 Å². The van der Waals surface area contributed by atoms with Gasteiger partial charge in [-0.25, -0.2) is 0 Å². The highest BCUT2D eigenvalue weighted by atomic mass is 35.5. The Morgan fingerprint density at radius 1 is 0.867 bits per heavy atom. The highest BCUT2D eigenvalue weighted by Crippen LogP contribution is 2.35. The molecule has 1 atom stereocenters. The maximum Gasteiger partial charge on any atom is 0.0866 e. The zero-order chi connectivity index (χ0) is 30.6. The van der Waals surface area contributed by atoms with Gasteiger partial charge in [0, 0.05) is 65.9 Å². The number of aromatic nitrogens is 1. The van der Waals surface area contributed by atoms with Gasteiger partial charge in [-0.05, 0) is 97.5 Å². The number of pyridine rings is 1. The quantitative estimate of drug-likeness (QED) is 0.178. The lowest BCUT2D eigenvalue weighted by atomic mass is 9.90. The van der Waals surface area contributed by atoms with Crippen molar-refractivity contribution in [2.75, 3.05) is 57.0 Å². The molecule has 1 aromatic heterocycles. The fraction of sp³-hybridized carbons (Fsp3) is 0.395. The van der Waals surface area contributed by atoms with Crippen LogP contribution in [0.2, 0.25) is 5.02 Å². The van der Waals surface area contributed by atoms with Crippen LogP contribution in [-0.2, 0) is 17.6 Å². The lowest BCUT2D eigenvalue weighted by Gasteiger charge is -2.39. The molecule has 3 N–H and O–H groups in total. The van der Waals surface area contributed by atoms with Gasteiger partial charge in [0.25, 0.3) is 0 Å². The van der Waals surface area contributed by atoms with Crippen molar-refractivity contribution in [1.82, 2.24) is 14.8 Å². The first-order chi connectivity index (χ1) is 22.1. The highest BCUT2D eigenvalue weighted by Gasteiger charge is 2.26. The number of hydrogen-bond acceptors (Lipinski definition) is 6. The Balaban J connectivity index is 0.941. The minimum Gasteiger partial charge on any atom is -0.398 e. The number of halogens is 1. The van der Waals surface area contributed by atoms with Gasteiger partial charge in [0.2, 0.25) is 0 Å². The van der Waals surface area contributed by atoms with Crippen LogP contribution in [-0.4, -0.2) is 60.7 Å². The number of nitrogens with two attached hydrogens (primary N) is 1. The lowest BCUT2D eigenvalue weighted by molar-refractivity contribution is 0.0733. The van der Waals surface area contributed by atoms with E-state index < -0.39 is 0 Å². The molecule has 1 aliphatic heterocycles. The van der Waals surface area contributed by atoms with Crippen molar-refractivity contribution in [2.45, 2.75) is 51.0 Å². The van der Waals surface area contributed by atoms with E-state index in [4.69, 9.17) is 27.1 Å². The van der Waals surface area contributed by atoms with Crippen LogP contribution in [0.15, 0.2) is 84.1 Å². The van der Waals surface area contributed by atoms with E-state index in [2.05, 4.69) is 75.8 Å². The molecule has 2 fully saturated rings. The normalized spacial score (nSPS) is 17.9. The topological polar surface area (TPSA) is 66.7 Å². The van der Waals surface area contributed by atoms with Crippen molar-refractivity contribution in [2.24, 2.45) is 0 Å². The first kappa shape index (κ1) is 30.2. The monoisotopic (exact) mass is 621 g/mol. The number of piperazine rings is 1. The zero-order valence-electron chi connectivity index (χ0n) is 26.1. The molecule has 7 heteroatoms. The second-order valence-electron chi connectivity index (χ2n) is 12.7. The maximum absolute atomic E-state index is 6.68. The summed E-state index contributed by atoms with van der Waals surface area (Å²) in [6, 6.07) is 25.8. The number of anilines is 2. The summed E-state index contributed by atoms with van der Waals surface area (Å²) in [5, 5.41) is 5.55. The minimum atomic E-state index is 0.233. The number of benzene rings is 3. The molecule has 1 saturated heterocycles. The van der Waals surface area contributed by atoms with Crippen LogP contribution < -0.4 is 11.1 Å². The number of nitrogens with one attached hydrogen (secondary N) is 1. The van der Waals surface area contributed by atoms with Crippen molar-refractivity contribution in [3.8, 4) is 0 Å². The molecule has 7 rings (SSSR count). The van der Waals surface area contributed by atoms with Gasteiger partial charge in [-0.3, -0.25) is 14.8 Å². The van der Waals surface area contributed by atoms with Crippen LogP contribution in [0.5, 0.6) is 0 Å². The Morgan fingerprint density at radius 3 is 2.38 bits per heavy atom. The SMILES string of the molecule is Nc1c2c(nc3ccc(NC(COCCN4CCN(C(c5ccccc5)c5ccc(Cl)cc5)CC4)=C4CCC4)cc13)CCCC2. The maximum atomic E-state index is 6.68. The number of ether oxygens (including phenoxy) is 1. The lowest BCUT2D eigenvalue weighted by Crippen LogP contribution is -2.48. The molecule has 3 aromatic carbocycles. The van der Waals surface area contributed by atoms with Crippen molar-refractivity contribution < 1.29 is 4.74 Å². The average Bonchev–Trinajstić information content (AvgIpc) is 3.05. The zero-order valence-corrected chi connectivity index (χ0v) is 26.9. The van der Waals surface area contributed by atoms with E-state index in [0.717, 1.165) is 92.3 Å². The number of aryl methyl sites for hydroxylation is 1. The molecule has 0 amide bonds. The fourth-order valence-corrected chi connectivity index (χ4v) is 7.23. The molecule has 0 radical (unpaired) electrons. The molecule has 6 nitrogen and oxygen atoms in total. The second kappa shape index (κ2) is 13.9. The molecule has 0 bridgehead atoms. The molecule has 1 saturated carbocycles. The second-order valence-corrected chi connectivity index (χ2v) is 13.2. The van der Waals surface area contributed by atoms with Crippen LogP contribution in [0, 0.1) is 0 Å². The molecule has 1 unspecified atom stereocenters. The van der Waals surface area contributed by atoms with Gasteiger partial charge in [-0.1, -0.05) is 54.1 Å². The van der Waals surface area contributed by atoms with Gasteiger partial charge in [0.1, 0.15) is 0 Å². The molecule has 0 spiro atoms. The molecule has 234 valence electrons. The van der Waals surface area contributed by atoms with Crippen molar-refractivity contribution in [3.63, 3.8) is 0 Å². The van der Waals surface area contributed by atoms with Gasteiger partial charge in [0.15, 0.2) is 0 Å². The third-order valence-electron chi connectivity index (χ3n) is 9.86. The van der Waals surface area contributed by atoms with E-state index >= 15 is 0 Å². The summed E-state index contributed by atoms with van der Waals surface area (Å²) in [6.07, 6.45) is 8.03. The standard InChI is InChI=1S/C38H44ClN5O/c39-30-15-13-29(14-16-30)38(28-7-2-1-3-8-28)44-21-19-43(20-22-44)23-24-45-26-36(27-9-6-10-27)41-31-17-18-35-33(25-31)37(40)32-11-4-5-12-34(32)42-35/h1-3,7-8,13-18,25,38,41H,4-6,9-12,19-24,26H2,(H2,40,42). The van der Waals surface area contributed by atoms with Gasteiger partial charge in [-0.2, -0.15) is 0 Å². The minimum absolute atomic E-state index is 0.233. The van der Waals surface area contributed by atoms with Gasteiger partial charge >= 0.3 is 0 Å². The van der Waals surface area contributed by atoms with Crippen molar-refractivity contribution in [3.05, 3.63) is 111 Å². The summed E-state index contributed by atoms with van der Waals surface area (Å²) >= 11 is 6.22. The fourth-order valence-electron chi connectivity index (χ4n) is 7.10. The summed E-state index contributed by atoms with van der Waals surface area (Å²) in [5.41, 5.74) is 17.4. The van der Waals surface area contributed by atoms with E-state index in [1.165, 1.54) is 52.9 Å². The Hall–Kier alpha value is -3.42. The van der Waals surface area contributed by atoms with Crippen LogP contribution >= 0.6 is 11.6 Å². The van der Waals surface area contributed by atoms with E-state index in [0.29, 0.717) is 6.61 Å². The van der Waals surface area contributed by atoms with Crippen molar-refractivity contribution in [1.29, 1.82) is 0 Å². The van der Waals surface area contributed by atoms with E-state index in [1.54, 1.807) is 0 Å². The van der Waals surface area contributed by atoms with Crippen molar-refractivity contribution >= 4 is 33.9 Å². The predicted molar refractivity (Wildman–Crippen MR) is 186 cm³/mol. The van der Waals surface area contributed by atoms with Gasteiger partial charge in [-0.15, -0.1) is 0 Å². The van der Waals surface area contributed by atoms with E-state index in [9.17, 15) is 0 Å². The average molecular weight is 622 g/mol. The molecular weight excluding hydrogens is 578 g/mol. The third-order valence-corrected chi connectivity index (χ3v) is 10.1. The van der Waals surface area contributed by atoms with E-state index in [1.807, 2.05) is 12.1 Å². The molecule has 3 aliphatic rings. The Labute approximate surface area is 272 Å². The summed E-state index contributed by atoms with van der Waals surface area (Å²) in [7, 11) is 0. The number of allylic oxidation sites excluding steroid dienone is 1. The molecule has 4 aromatic rings. The molecular formula is C38H44ClN5O. The molecule has 45 heavy (non-hydrogen) atoms. The van der Waals surface area contributed by atoms with Crippen LogP contribution in [0.4, 0.5) is 11.4 Å². The summed E-state index contributed by atoms with van der Waals surface area (Å²) < 4.78 is 6.31. The van der Waals surface area contributed by atoms with Gasteiger partial charge in [0.05, 0.1) is 24.8 Å². The van der Waals surface area contributed by atoms with Gasteiger partial charge < -0.3 is 15.8 Å². The van der Waals surface area contributed by atoms with Crippen LogP contribution in [0.3, 0.4) is 0 Å². The summed E-state index contributed by atoms with van der Waals surface area (Å²) in [5.74, 6) is 0. The first-order valence-corrected chi connectivity index (χ1v) is 17.0. The number of fused-ring (bicyclic) bond motifs is 2. The number of hydrogen-bond donors (Lipinski definition) is 2. The third kappa shape index (κ3) is 6.90.